The summed E-state index contributed by atoms with van der Waals surface area (Å²) in [6, 6.07) is 7.44. The van der Waals surface area contributed by atoms with Crippen LogP contribution in [0.5, 0.6) is 5.75 Å². The van der Waals surface area contributed by atoms with Crippen LogP contribution in [0.25, 0.3) is 10.2 Å². The van der Waals surface area contributed by atoms with Crippen molar-refractivity contribution in [2.24, 2.45) is 4.99 Å². The maximum atomic E-state index is 12.4. The van der Waals surface area contributed by atoms with E-state index < -0.39 is 5.91 Å². The van der Waals surface area contributed by atoms with Crippen LogP contribution in [0, 0.1) is 6.92 Å². The lowest BCUT2D eigenvalue weighted by Gasteiger charge is -2.06. The highest BCUT2D eigenvalue weighted by Gasteiger charge is 2.13. The molecule has 7 nitrogen and oxygen atoms in total. The lowest BCUT2D eigenvalue weighted by Crippen LogP contribution is -2.19. The first-order valence-electron chi connectivity index (χ1n) is 8.48. The third-order valence-corrected chi connectivity index (χ3v) is 4.71. The van der Waals surface area contributed by atoms with Gasteiger partial charge in [0.2, 0.25) is 0 Å². The molecular formula is C18H21N3O4S. The van der Waals surface area contributed by atoms with E-state index in [0.29, 0.717) is 36.9 Å². The molecular weight excluding hydrogens is 354 g/mol. The molecule has 0 unspecified atom stereocenters. The van der Waals surface area contributed by atoms with E-state index in [1.807, 2.05) is 36.6 Å². The van der Waals surface area contributed by atoms with E-state index in [2.05, 4.69) is 10.1 Å². The van der Waals surface area contributed by atoms with Crippen molar-refractivity contribution in [3.8, 4) is 5.75 Å². The highest BCUT2D eigenvalue weighted by molar-refractivity contribution is 7.16. The summed E-state index contributed by atoms with van der Waals surface area (Å²) < 4.78 is 19.0. The molecule has 0 spiro atoms. The van der Waals surface area contributed by atoms with Gasteiger partial charge in [0.05, 0.1) is 23.4 Å². The molecule has 0 bridgehead atoms. The summed E-state index contributed by atoms with van der Waals surface area (Å²) in [6.45, 7) is 8.02. The highest BCUT2D eigenvalue weighted by Crippen LogP contribution is 2.23. The zero-order valence-corrected chi connectivity index (χ0v) is 15.8. The average Bonchev–Trinajstić information content (AvgIpc) is 3.19. The van der Waals surface area contributed by atoms with E-state index in [1.54, 1.807) is 13.0 Å². The number of hydrogen-bond donors (Lipinski definition) is 0. The molecule has 0 saturated heterocycles. The normalized spacial score (nSPS) is 12.0. The lowest BCUT2D eigenvalue weighted by molar-refractivity contribution is 0.0988. The third kappa shape index (κ3) is 4.03. The minimum absolute atomic E-state index is 0.200. The summed E-state index contributed by atoms with van der Waals surface area (Å²) >= 11 is 1.43. The molecule has 1 aromatic carbocycles. The Morgan fingerprint density at radius 2 is 2.15 bits per heavy atom. The van der Waals surface area contributed by atoms with Crippen LogP contribution in [0.2, 0.25) is 0 Å². The highest BCUT2D eigenvalue weighted by atomic mass is 32.1. The summed E-state index contributed by atoms with van der Waals surface area (Å²) in [6.07, 6.45) is 0. The number of hydrogen-bond acceptors (Lipinski definition) is 6. The van der Waals surface area contributed by atoms with Crippen LogP contribution in [0.1, 0.15) is 30.1 Å². The summed E-state index contributed by atoms with van der Waals surface area (Å²) in [5.41, 5.74) is 1.19. The van der Waals surface area contributed by atoms with Crippen LogP contribution in [0.3, 0.4) is 0 Å². The Kier molecular flexibility index (Phi) is 5.85. The van der Waals surface area contributed by atoms with Crippen molar-refractivity contribution in [2.75, 3.05) is 19.8 Å². The van der Waals surface area contributed by atoms with E-state index in [9.17, 15) is 4.79 Å². The van der Waals surface area contributed by atoms with Gasteiger partial charge in [-0.05, 0) is 39.0 Å². The van der Waals surface area contributed by atoms with Crippen LogP contribution in [-0.4, -0.2) is 35.5 Å². The van der Waals surface area contributed by atoms with Crippen molar-refractivity contribution >= 4 is 27.5 Å². The zero-order valence-electron chi connectivity index (χ0n) is 15.0. The number of carbonyl (C=O) groups is 1. The van der Waals surface area contributed by atoms with Crippen LogP contribution in [0.15, 0.2) is 33.8 Å². The Morgan fingerprint density at radius 3 is 2.85 bits per heavy atom. The number of aryl methyl sites for hydroxylation is 1. The molecule has 0 fully saturated rings. The summed E-state index contributed by atoms with van der Waals surface area (Å²) in [5, 5.41) is 3.74. The molecule has 26 heavy (non-hydrogen) atoms. The number of amides is 1. The van der Waals surface area contributed by atoms with E-state index in [1.165, 1.54) is 11.3 Å². The van der Waals surface area contributed by atoms with Crippen LogP contribution in [0.4, 0.5) is 0 Å². The fourth-order valence-corrected chi connectivity index (χ4v) is 3.61. The van der Waals surface area contributed by atoms with Gasteiger partial charge in [0, 0.05) is 19.2 Å². The van der Waals surface area contributed by atoms with Gasteiger partial charge >= 0.3 is 5.91 Å². The molecule has 2 aromatic heterocycles. The molecule has 2 heterocycles. The van der Waals surface area contributed by atoms with Gasteiger partial charge in [-0.25, -0.2) is 0 Å². The number of nitrogens with zero attached hydrogens (tertiary/aromatic N) is 3. The molecule has 3 rings (SSSR count). The molecule has 0 aliphatic heterocycles. The second-order valence-corrected chi connectivity index (χ2v) is 6.54. The van der Waals surface area contributed by atoms with Crippen molar-refractivity contribution in [3.63, 3.8) is 0 Å². The molecule has 138 valence electrons. The lowest BCUT2D eigenvalue weighted by atomic mass is 10.3. The Bertz CT molecular complexity index is 970. The number of aromatic nitrogens is 2. The standard InChI is InChI=1S/C18H21N3O4S/c1-4-23-9-8-21-15-7-6-13(24-5-2)11-16(15)26-18(21)19-17(22)14-10-12(3)25-20-14/h6-7,10-11H,4-5,8-9H2,1-3H3. The van der Waals surface area contributed by atoms with Gasteiger partial charge in [0.1, 0.15) is 11.5 Å². The Labute approximate surface area is 154 Å². The molecule has 0 saturated carbocycles. The fraction of sp³-hybridized carbons (Fsp3) is 0.389. The maximum Gasteiger partial charge on any atom is 0.301 e. The Hall–Kier alpha value is -2.45. The minimum Gasteiger partial charge on any atom is -0.494 e. The van der Waals surface area contributed by atoms with Crippen molar-refractivity contribution in [1.82, 2.24) is 9.72 Å². The molecule has 0 aliphatic carbocycles. The molecule has 1 amide bonds. The second kappa shape index (κ2) is 8.29. The zero-order chi connectivity index (χ0) is 18.5. The van der Waals surface area contributed by atoms with Crippen LogP contribution < -0.4 is 9.54 Å². The molecule has 3 aromatic rings. The smallest absolute Gasteiger partial charge is 0.301 e. The molecule has 8 heteroatoms. The van der Waals surface area contributed by atoms with Crippen molar-refractivity contribution < 1.29 is 18.8 Å². The third-order valence-electron chi connectivity index (χ3n) is 3.67. The van der Waals surface area contributed by atoms with Gasteiger partial charge in [-0.2, -0.15) is 4.99 Å². The van der Waals surface area contributed by atoms with Crippen LogP contribution >= 0.6 is 11.3 Å². The fourth-order valence-electron chi connectivity index (χ4n) is 2.52. The van der Waals surface area contributed by atoms with Crippen molar-refractivity contribution in [2.45, 2.75) is 27.3 Å². The van der Waals surface area contributed by atoms with E-state index in [0.717, 1.165) is 16.0 Å². The SMILES string of the molecule is CCOCCn1c(=NC(=O)c2cc(C)on2)sc2cc(OCC)ccc21. The predicted molar refractivity (Wildman–Crippen MR) is 98.6 cm³/mol. The Balaban J connectivity index is 2.04. The monoisotopic (exact) mass is 375 g/mol. The quantitative estimate of drug-likeness (QED) is 0.593. The molecule has 0 atom stereocenters. The summed E-state index contributed by atoms with van der Waals surface area (Å²) in [5.74, 6) is 0.942. The van der Waals surface area contributed by atoms with E-state index in [-0.39, 0.29) is 5.69 Å². The van der Waals surface area contributed by atoms with Gasteiger partial charge in [-0.3, -0.25) is 4.79 Å². The molecule has 0 aliphatic rings. The van der Waals surface area contributed by atoms with Gasteiger partial charge in [-0.15, -0.1) is 0 Å². The largest absolute Gasteiger partial charge is 0.494 e. The number of benzene rings is 1. The van der Waals surface area contributed by atoms with Gasteiger partial charge in [0.15, 0.2) is 10.5 Å². The number of ether oxygens (including phenoxy) is 2. The predicted octanol–water partition coefficient (Wildman–Crippen LogP) is 3.18. The number of fused-ring (bicyclic) bond motifs is 1. The molecule has 0 radical (unpaired) electrons. The topological polar surface area (TPSA) is 78.9 Å². The van der Waals surface area contributed by atoms with E-state index >= 15 is 0 Å². The van der Waals surface area contributed by atoms with Gasteiger partial charge in [-0.1, -0.05) is 16.5 Å². The number of rotatable bonds is 7. The average molecular weight is 375 g/mol. The minimum atomic E-state index is -0.427. The van der Waals surface area contributed by atoms with Gasteiger partial charge in [0.25, 0.3) is 0 Å². The molecule has 0 N–H and O–H groups in total. The van der Waals surface area contributed by atoms with Crippen molar-refractivity contribution in [1.29, 1.82) is 0 Å². The number of carbonyl (C=O) groups excluding carboxylic acids is 1. The first-order valence-corrected chi connectivity index (χ1v) is 9.30. The van der Waals surface area contributed by atoms with Crippen molar-refractivity contribution in [3.05, 3.63) is 40.5 Å². The summed E-state index contributed by atoms with van der Waals surface area (Å²) in [4.78, 5) is 17.3. The first-order chi connectivity index (χ1) is 12.6. The maximum absolute atomic E-state index is 12.4. The first kappa shape index (κ1) is 18.3. The Morgan fingerprint density at radius 1 is 1.31 bits per heavy atom. The second-order valence-electron chi connectivity index (χ2n) is 5.54. The van der Waals surface area contributed by atoms with Crippen LogP contribution in [-0.2, 0) is 11.3 Å². The van der Waals surface area contributed by atoms with Gasteiger partial charge < -0.3 is 18.6 Å². The number of thiazole rings is 1. The van der Waals surface area contributed by atoms with E-state index in [4.69, 9.17) is 14.0 Å². The summed E-state index contributed by atoms with van der Waals surface area (Å²) in [7, 11) is 0.